The first-order valence-corrected chi connectivity index (χ1v) is 8.93. The van der Waals surface area contributed by atoms with Gasteiger partial charge in [-0.25, -0.2) is 9.78 Å². The lowest BCUT2D eigenvalue weighted by molar-refractivity contribution is -0.140. The lowest BCUT2D eigenvalue weighted by Gasteiger charge is -2.10. The number of ether oxygens (including phenoxy) is 1. The molecule has 0 amide bonds. The average molecular weight is 415 g/mol. The highest BCUT2D eigenvalue weighted by Crippen LogP contribution is 2.29. The number of benzene rings is 1. The van der Waals surface area contributed by atoms with Gasteiger partial charge in [0.25, 0.3) is 5.56 Å². The Morgan fingerprint density at radius 1 is 1.24 bits per heavy atom. The highest BCUT2D eigenvalue weighted by atomic mass is 35.5. The van der Waals surface area contributed by atoms with Crippen molar-refractivity contribution in [3.63, 3.8) is 0 Å². The average Bonchev–Trinajstić information content (AvgIpc) is 3.07. The minimum absolute atomic E-state index is 0.0813. The van der Waals surface area contributed by atoms with Crippen molar-refractivity contribution >= 4 is 34.4 Å². The van der Waals surface area contributed by atoms with Crippen molar-refractivity contribution in [3.8, 4) is 11.1 Å². The third-order valence-electron chi connectivity index (χ3n) is 4.52. The van der Waals surface area contributed by atoms with Gasteiger partial charge < -0.3 is 9.84 Å². The topological polar surface area (TPSA) is 124 Å². The summed E-state index contributed by atoms with van der Waals surface area (Å²) in [5.74, 6) is -1.16. The molecule has 0 aliphatic carbocycles. The van der Waals surface area contributed by atoms with Crippen molar-refractivity contribution in [2.24, 2.45) is 0 Å². The van der Waals surface area contributed by atoms with Crippen LogP contribution in [0.15, 0.2) is 35.4 Å². The number of halogens is 1. The first-order valence-electron chi connectivity index (χ1n) is 8.55. The van der Waals surface area contributed by atoms with Gasteiger partial charge in [0.2, 0.25) is 0 Å². The van der Waals surface area contributed by atoms with Crippen LogP contribution in [0, 0.1) is 0 Å². The molecule has 0 aliphatic rings. The molecule has 4 rings (SSSR count). The summed E-state index contributed by atoms with van der Waals surface area (Å²) < 4.78 is 7.66. The molecule has 4 aromatic rings. The molecule has 29 heavy (non-hydrogen) atoms. The summed E-state index contributed by atoms with van der Waals surface area (Å²) in [5.41, 5.74) is 1.94. The predicted molar refractivity (Wildman–Crippen MR) is 104 cm³/mol. The molecule has 0 saturated heterocycles. The quantitative estimate of drug-likeness (QED) is 0.525. The van der Waals surface area contributed by atoms with Gasteiger partial charge in [0, 0.05) is 12.1 Å². The summed E-state index contributed by atoms with van der Waals surface area (Å²) >= 11 is 5.99. The second-order valence-corrected chi connectivity index (χ2v) is 6.78. The van der Waals surface area contributed by atoms with Crippen LogP contribution < -0.4 is 5.56 Å². The molecule has 0 radical (unpaired) electrons. The Hall–Kier alpha value is -3.37. The molecule has 3 aromatic heterocycles. The Morgan fingerprint density at radius 2 is 1.97 bits per heavy atom. The molecule has 148 valence electrons. The Bertz CT molecular complexity index is 1300. The number of nitrogens with zero attached hydrogens (tertiary/aromatic N) is 6. The second kappa shape index (κ2) is 7.22. The first-order chi connectivity index (χ1) is 13.9. The van der Waals surface area contributed by atoms with Crippen molar-refractivity contribution in [2.45, 2.75) is 19.6 Å². The van der Waals surface area contributed by atoms with Crippen molar-refractivity contribution < 1.29 is 14.6 Å². The number of methoxy groups -OCH3 is 1. The summed E-state index contributed by atoms with van der Waals surface area (Å²) in [6.45, 7) is 1.59. The number of aromatic nitrogens is 6. The minimum Gasteiger partial charge on any atom is -0.480 e. The van der Waals surface area contributed by atoms with Crippen molar-refractivity contribution in [2.75, 3.05) is 7.11 Å². The van der Waals surface area contributed by atoms with Gasteiger partial charge in [-0.05, 0) is 24.6 Å². The second-order valence-electron chi connectivity index (χ2n) is 6.34. The molecule has 0 bridgehead atoms. The normalized spacial score (nSPS) is 12.5. The summed E-state index contributed by atoms with van der Waals surface area (Å²) in [5, 5.41) is 22.5. The van der Waals surface area contributed by atoms with Crippen LogP contribution in [0.1, 0.15) is 18.7 Å². The van der Waals surface area contributed by atoms with E-state index in [1.165, 1.54) is 17.8 Å². The van der Waals surface area contributed by atoms with Gasteiger partial charge in [0.1, 0.15) is 12.4 Å². The molecule has 11 heteroatoms. The van der Waals surface area contributed by atoms with Crippen LogP contribution in [0.25, 0.3) is 27.9 Å². The van der Waals surface area contributed by atoms with E-state index in [0.717, 1.165) is 10.1 Å². The van der Waals surface area contributed by atoms with Crippen LogP contribution in [0.5, 0.6) is 0 Å². The van der Waals surface area contributed by atoms with Crippen LogP contribution >= 0.6 is 11.6 Å². The van der Waals surface area contributed by atoms with Crippen LogP contribution in [-0.4, -0.2) is 47.5 Å². The number of carboxylic acids is 1. The fourth-order valence-electron chi connectivity index (χ4n) is 3.03. The highest BCUT2D eigenvalue weighted by Gasteiger charge is 2.22. The van der Waals surface area contributed by atoms with Gasteiger partial charge >= 0.3 is 5.97 Å². The SMILES string of the molecule is COCc1nn2c(nnc3c(=O)n(C(C)C(=O)O)cnc32)c1-c1ccc(Cl)cc1. The molecular formula is C18H15ClN6O4. The van der Waals surface area contributed by atoms with Gasteiger partial charge in [-0.2, -0.15) is 9.61 Å². The molecule has 1 N–H and O–H groups in total. The summed E-state index contributed by atoms with van der Waals surface area (Å²) in [6, 6.07) is 6.04. The van der Waals surface area contributed by atoms with Gasteiger partial charge in [-0.15, -0.1) is 10.2 Å². The van der Waals surface area contributed by atoms with Gasteiger partial charge in [-0.1, -0.05) is 23.7 Å². The van der Waals surface area contributed by atoms with E-state index in [-0.39, 0.29) is 17.8 Å². The van der Waals surface area contributed by atoms with E-state index in [1.807, 2.05) is 12.1 Å². The number of fused-ring (bicyclic) bond motifs is 3. The van der Waals surface area contributed by atoms with Gasteiger partial charge in [0.15, 0.2) is 16.8 Å². The summed E-state index contributed by atoms with van der Waals surface area (Å²) in [4.78, 5) is 28.2. The fourth-order valence-corrected chi connectivity index (χ4v) is 3.15. The van der Waals surface area contributed by atoms with Crippen molar-refractivity contribution in [1.29, 1.82) is 0 Å². The van der Waals surface area contributed by atoms with Crippen LogP contribution in [0.2, 0.25) is 5.02 Å². The molecule has 0 saturated carbocycles. The first kappa shape index (κ1) is 19.0. The molecular weight excluding hydrogens is 400 g/mol. The van der Waals surface area contributed by atoms with Crippen LogP contribution in [-0.2, 0) is 16.1 Å². The Kier molecular flexibility index (Phi) is 4.73. The van der Waals surface area contributed by atoms with Gasteiger partial charge in [0.05, 0.1) is 17.9 Å². The number of carboxylic acid groups (broad SMARTS) is 1. The van der Waals surface area contributed by atoms with E-state index in [2.05, 4.69) is 20.3 Å². The third-order valence-corrected chi connectivity index (χ3v) is 4.77. The van der Waals surface area contributed by atoms with E-state index in [1.54, 1.807) is 19.2 Å². The Morgan fingerprint density at radius 3 is 2.62 bits per heavy atom. The maximum absolute atomic E-state index is 12.7. The van der Waals surface area contributed by atoms with E-state index in [0.29, 0.717) is 21.9 Å². The molecule has 3 heterocycles. The lowest BCUT2D eigenvalue weighted by atomic mass is 10.1. The molecule has 1 unspecified atom stereocenters. The summed E-state index contributed by atoms with van der Waals surface area (Å²) in [6.07, 6.45) is 1.17. The van der Waals surface area contributed by atoms with Crippen molar-refractivity contribution in [1.82, 2.24) is 29.4 Å². The zero-order valence-corrected chi connectivity index (χ0v) is 16.2. The molecule has 0 aliphatic heterocycles. The highest BCUT2D eigenvalue weighted by molar-refractivity contribution is 6.30. The van der Waals surface area contributed by atoms with E-state index in [9.17, 15) is 14.7 Å². The minimum atomic E-state index is -1.16. The maximum Gasteiger partial charge on any atom is 0.326 e. The lowest BCUT2D eigenvalue weighted by Crippen LogP contribution is -2.29. The van der Waals surface area contributed by atoms with E-state index < -0.39 is 17.6 Å². The molecule has 10 nitrogen and oxygen atoms in total. The van der Waals surface area contributed by atoms with Crippen LogP contribution in [0.4, 0.5) is 0 Å². The molecule has 1 atom stereocenters. The van der Waals surface area contributed by atoms with E-state index in [4.69, 9.17) is 16.3 Å². The molecule has 0 fully saturated rings. The summed E-state index contributed by atoms with van der Waals surface area (Å²) in [7, 11) is 1.55. The smallest absolute Gasteiger partial charge is 0.326 e. The predicted octanol–water partition coefficient (Wildman–Crippen LogP) is 1.95. The third kappa shape index (κ3) is 3.12. The number of hydrogen-bond donors (Lipinski definition) is 1. The number of aliphatic carboxylic acids is 1. The number of hydrogen-bond acceptors (Lipinski definition) is 7. The molecule has 0 spiro atoms. The van der Waals surface area contributed by atoms with Gasteiger partial charge in [-0.3, -0.25) is 9.36 Å². The Labute approximate surface area is 168 Å². The maximum atomic E-state index is 12.7. The molecule has 1 aromatic carbocycles. The fraction of sp³-hybridized carbons (Fsp3) is 0.222. The number of carbonyl (C=O) groups is 1. The van der Waals surface area contributed by atoms with Crippen molar-refractivity contribution in [3.05, 3.63) is 51.7 Å². The Balaban J connectivity index is 2.01. The zero-order valence-electron chi connectivity index (χ0n) is 15.4. The monoisotopic (exact) mass is 414 g/mol. The van der Waals surface area contributed by atoms with E-state index >= 15 is 0 Å². The van der Waals surface area contributed by atoms with Crippen LogP contribution in [0.3, 0.4) is 0 Å². The largest absolute Gasteiger partial charge is 0.480 e. The standard InChI is InChI=1S/C18H15ClN6O4/c1-9(18(27)28)24-8-20-16-14(17(24)26)21-22-15-13(10-3-5-11(19)6-4-10)12(7-29-2)23-25(15)16/h3-6,8-9H,7H2,1-2H3,(H,27,28). The zero-order chi connectivity index (χ0) is 20.7. The number of rotatable bonds is 5.